The van der Waals surface area contributed by atoms with Gasteiger partial charge in [0.1, 0.15) is 12.7 Å². The van der Waals surface area contributed by atoms with E-state index in [1.165, 1.54) is 11.9 Å². The van der Waals surface area contributed by atoms with Crippen LogP contribution in [-0.2, 0) is 6.54 Å². The fourth-order valence-corrected chi connectivity index (χ4v) is 3.88. The second kappa shape index (κ2) is 8.99. The second-order valence-corrected chi connectivity index (χ2v) is 6.97. The molecule has 2 atom stereocenters. The van der Waals surface area contributed by atoms with Crippen molar-refractivity contribution >= 4 is 18.3 Å². The summed E-state index contributed by atoms with van der Waals surface area (Å²) in [5.41, 5.74) is 8.94. The molecule has 7 heteroatoms. The number of halogens is 1. The van der Waals surface area contributed by atoms with Crippen molar-refractivity contribution in [1.82, 2.24) is 19.7 Å². The highest BCUT2D eigenvalue weighted by Crippen LogP contribution is 2.33. The van der Waals surface area contributed by atoms with Crippen molar-refractivity contribution in [3.8, 4) is 0 Å². The zero-order valence-electron chi connectivity index (χ0n) is 15.5. The molecule has 0 unspecified atom stereocenters. The van der Waals surface area contributed by atoms with E-state index in [0.717, 1.165) is 11.1 Å². The molecule has 0 aliphatic carbocycles. The number of carbonyl (C=O) groups excluding carboxylic acids is 1. The van der Waals surface area contributed by atoms with E-state index in [4.69, 9.17) is 5.73 Å². The zero-order chi connectivity index (χ0) is 18.6. The lowest BCUT2D eigenvalue weighted by atomic mass is 9.89. The van der Waals surface area contributed by atoms with Crippen LogP contribution in [0.1, 0.15) is 27.4 Å². The molecular formula is C21H24ClN5O. The topological polar surface area (TPSA) is 77.0 Å². The third kappa shape index (κ3) is 4.08. The van der Waals surface area contributed by atoms with Crippen LogP contribution in [0.25, 0.3) is 0 Å². The molecule has 0 radical (unpaired) electrons. The number of hydrogen-bond donors (Lipinski definition) is 1. The van der Waals surface area contributed by atoms with E-state index in [-0.39, 0.29) is 30.2 Å². The van der Waals surface area contributed by atoms with Crippen molar-refractivity contribution in [3.63, 3.8) is 0 Å². The van der Waals surface area contributed by atoms with Crippen molar-refractivity contribution in [2.24, 2.45) is 11.7 Å². The molecule has 4 rings (SSSR count). The van der Waals surface area contributed by atoms with Gasteiger partial charge in [-0.3, -0.25) is 4.79 Å². The van der Waals surface area contributed by atoms with E-state index >= 15 is 0 Å². The molecule has 3 aromatic rings. The molecular weight excluding hydrogens is 374 g/mol. The zero-order valence-corrected chi connectivity index (χ0v) is 16.3. The number of amides is 1. The summed E-state index contributed by atoms with van der Waals surface area (Å²) in [4.78, 5) is 19.2. The van der Waals surface area contributed by atoms with Crippen LogP contribution in [0.4, 0.5) is 0 Å². The Bertz CT molecular complexity index is 900. The number of hydrogen-bond acceptors (Lipinski definition) is 4. The summed E-state index contributed by atoms with van der Waals surface area (Å²) in [5.74, 6) is 0.615. The smallest absolute Gasteiger partial charge is 0.254 e. The number of carbonyl (C=O) groups is 1. The molecule has 0 bridgehead atoms. The average molecular weight is 398 g/mol. The van der Waals surface area contributed by atoms with Crippen LogP contribution in [0.5, 0.6) is 0 Å². The van der Waals surface area contributed by atoms with Gasteiger partial charge in [0.2, 0.25) is 0 Å². The maximum Gasteiger partial charge on any atom is 0.254 e. The number of likely N-dealkylation sites (tertiary alicyclic amines) is 1. The molecule has 1 fully saturated rings. The molecule has 0 spiro atoms. The molecule has 1 saturated heterocycles. The van der Waals surface area contributed by atoms with Crippen LogP contribution in [0.2, 0.25) is 0 Å². The van der Waals surface area contributed by atoms with Crippen LogP contribution in [0.3, 0.4) is 0 Å². The lowest BCUT2D eigenvalue weighted by Gasteiger charge is -2.19. The number of nitrogens with zero attached hydrogens (tertiary/aromatic N) is 4. The predicted octanol–water partition coefficient (Wildman–Crippen LogP) is 2.56. The first-order valence-electron chi connectivity index (χ1n) is 9.21. The van der Waals surface area contributed by atoms with Crippen LogP contribution >= 0.6 is 12.4 Å². The summed E-state index contributed by atoms with van der Waals surface area (Å²) in [7, 11) is 0. The summed E-state index contributed by atoms with van der Waals surface area (Å²) < 4.78 is 1.73. The molecule has 6 nitrogen and oxygen atoms in total. The minimum atomic E-state index is 0. The predicted molar refractivity (Wildman–Crippen MR) is 110 cm³/mol. The van der Waals surface area contributed by atoms with E-state index in [1.54, 1.807) is 11.0 Å². The van der Waals surface area contributed by atoms with Crippen LogP contribution < -0.4 is 5.73 Å². The number of aromatic nitrogens is 3. The van der Waals surface area contributed by atoms with Gasteiger partial charge in [0.25, 0.3) is 5.91 Å². The van der Waals surface area contributed by atoms with Gasteiger partial charge in [0.05, 0.1) is 6.54 Å². The molecule has 2 N–H and O–H groups in total. The maximum absolute atomic E-state index is 13.3. The molecule has 0 saturated carbocycles. The molecule has 2 heterocycles. The Morgan fingerprint density at radius 2 is 1.82 bits per heavy atom. The number of rotatable bonds is 5. The molecule has 1 aliphatic heterocycles. The third-order valence-electron chi connectivity index (χ3n) is 5.31. The Morgan fingerprint density at radius 3 is 2.54 bits per heavy atom. The number of nitrogens with two attached hydrogens (primary N) is 1. The van der Waals surface area contributed by atoms with Gasteiger partial charge in [-0.1, -0.05) is 48.5 Å². The van der Waals surface area contributed by atoms with Crippen molar-refractivity contribution in [3.05, 3.63) is 83.9 Å². The Morgan fingerprint density at radius 1 is 1.07 bits per heavy atom. The van der Waals surface area contributed by atoms with Crippen LogP contribution in [-0.4, -0.2) is 45.2 Å². The Hall–Kier alpha value is -2.70. The molecule has 1 amide bonds. The van der Waals surface area contributed by atoms with Crippen molar-refractivity contribution in [2.75, 3.05) is 19.6 Å². The Labute approximate surface area is 170 Å². The SMILES string of the molecule is Cl.NC[C@@H]1CN(C(=O)c2ccccc2Cn2cncn2)C[C@H]1c1ccccc1. The summed E-state index contributed by atoms with van der Waals surface area (Å²) in [6.45, 7) is 2.48. The molecule has 146 valence electrons. The summed E-state index contributed by atoms with van der Waals surface area (Å²) in [5, 5.41) is 4.15. The lowest BCUT2D eigenvalue weighted by Crippen LogP contribution is -2.30. The monoisotopic (exact) mass is 397 g/mol. The molecule has 1 aromatic heterocycles. The Balaban J connectivity index is 0.00000225. The van der Waals surface area contributed by atoms with Crippen molar-refractivity contribution in [1.29, 1.82) is 0 Å². The summed E-state index contributed by atoms with van der Waals surface area (Å²) in [6.07, 6.45) is 3.16. The fourth-order valence-electron chi connectivity index (χ4n) is 3.88. The third-order valence-corrected chi connectivity index (χ3v) is 5.31. The van der Waals surface area contributed by atoms with Gasteiger partial charge in [0.15, 0.2) is 0 Å². The first-order chi connectivity index (χ1) is 13.3. The van der Waals surface area contributed by atoms with Gasteiger partial charge in [-0.15, -0.1) is 12.4 Å². The van der Waals surface area contributed by atoms with E-state index in [9.17, 15) is 4.79 Å². The van der Waals surface area contributed by atoms with Gasteiger partial charge in [-0.05, 0) is 29.7 Å². The van der Waals surface area contributed by atoms with Gasteiger partial charge < -0.3 is 10.6 Å². The highest BCUT2D eigenvalue weighted by Gasteiger charge is 2.36. The lowest BCUT2D eigenvalue weighted by molar-refractivity contribution is 0.0785. The normalized spacial score (nSPS) is 18.7. The highest BCUT2D eigenvalue weighted by atomic mass is 35.5. The van der Waals surface area contributed by atoms with Gasteiger partial charge >= 0.3 is 0 Å². The fraction of sp³-hybridized carbons (Fsp3) is 0.286. The van der Waals surface area contributed by atoms with Crippen molar-refractivity contribution in [2.45, 2.75) is 12.5 Å². The van der Waals surface area contributed by atoms with E-state index in [0.29, 0.717) is 26.2 Å². The van der Waals surface area contributed by atoms with Gasteiger partial charge in [-0.25, -0.2) is 9.67 Å². The first kappa shape index (κ1) is 20.0. The standard InChI is InChI=1S/C21H23N5O.ClH/c22-10-18-11-25(13-20(18)16-6-2-1-3-7-16)21(27)19-9-5-4-8-17(19)12-26-15-23-14-24-26;/h1-9,14-15,18,20H,10-13,22H2;1H/t18-,20+;/m1./s1. The average Bonchev–Trinajstić information content (AvgIpc) is 3.38. The highest BCUT2D eigenvalue weighted by molar-refractivity contribution is 5.96. The van der Waals surface area contributed by atoms with Crippen molar-refractivity contribution < 1.29 is 4.79 Å². The molecule has 2 aromatic carbocycles. The first-order valence-corrected chi connectivity index (χ1v) is 9.21. The largest absolute Gasteiger partial charge is 0.338 e. The maximum atomic E-state index is 13.3. The van der Waals surface area contributed by atoms with E-state index in [1.807, 2.05) is 47.4 Å². The second-order valence-electron chi connectivity index (χ2n) is 6.97. The minimum absolute atomic E-state index is 0. The van der Waals surface area contributed by atoms with E-state index < -0.39 is 0 Å². The van der Waals surface area contributed by atoms with Gasteiger partial charge in [0, 0.05) is 24.6 Å². The minimum Gasteiger partial charge on any atom is -0.338 e. The Kier molecular flexibility index (Phi) is 6.44. The molecule has 1 aliphatic rings. The van der Waals surface area contributed by atoms with Gasteiger partial charge in [-0.2, -0.15) is 5.10 Å². The van der Waals surface area contributed by atoms with Crippen LogP contribution in [0.15, 0.2) is 67.3 Å². The van der Waals surface area contributed by atoms with Crippen LogP contribution in [0, 0.1) is 5.92 Å². The summed E-state index contributed by atoms with van der Waals surface area (Å²) in [6, 6.07) is 18.1. The van der Waals surface area contributed by atoms with E-state index in [2.05, 4.69) is 22.2 Å². The summed E-state index contributed by atoms with van der Waals surface area (Å²) >= 11 is 0. The molecule has 28 heavy (non-hydrogen) atoms. The number of benzene rings is 2. The quantitative estimate of drug-likeness (QED) is 0.717.